The van der Waals surface area contributed by atoms with Crippen LogP contribution in [0.3, 0.4) is 0 Å². The number of aromatic nitrogens is 1. The molecule has 1 amide bonds. The number of likely N-dealkylation sites (tertiary alicyclic amines) is 1. The molecule has 0 bridgehead atoms. The van der Waals surface area contributed by atoms with Crippen LogP contribution >= 0.6 is 0 Å². The van der Waals surface area contributed by atoms with E-state index < -0.39 is 0 Å². The van der Waals surface area contributed by atoms with Crippen LogP contribution in [0.15, 0.2) is 42.3 Å². The molecule has 1 aromatic heterocycles. The van der Waals surface area contributed by atoms with Crippen LogP contribution in [0.1, 0.15) is 83.6 Å². The predicted molar refractivity (Wildman–Crippen MR) is 138 cm³/mol. The van der Waals surface area contributed by atoms with Gasteiger partial charge in [-0.15, -0.1) is 5.48 Å². The maximum atomic E-state index is 12.5. The minimum Gasteiger partial charge on any atom is -0.353 e. The van der Waals surface area contributed by atoms with Gasteiger partial charge in [0.25, 0.3) is 0 Å². The van der Waals surface area contributed by atoms with Crippen molar-refractivity contribution >= 4 is 11.7 Å². The summed E-state index contributed by atoms with van der Waals surface area (Å²) in [4.78, 5) is 24.3. The summed E-state index contributed by atoms with van der Waals surface area (Å²) in [7, 11) is 0. The molecule has 1 N–H and O–H groups in total. The monoisotopic (exact) mass is 475 g/mol. The van der Waals surface area contributed by atoms with Gasteiger partial charge in [0.2, 0.25) is 0 Å². The molecular weight excluding hydrogens is 434 g/mol. The Balaban J connectivity index is 1.14. The third kappa shape index (κ3) is 3.94. The molecule has 1 saturated heterocycles. The highest BCUT2D eigenvalue weighted by atomic mass is 16.7. The Bertz CT molecular complexity index is 1010. The highest BCUT2D eigenvalue weighted by molar-refractivity contribution is 5.72. The molecule has 2 saturated carbocycles. The van der Waals surface area contributed by atoms with Gasteiger partial charge < -0.3 is 9.74 Å². The second kappa shape index (κ2) is 9.06. The van der Waals surface area contributed by atoms with Crippen molar-refractivity contribution < 1.29 is 9.63 Å². The van der Waals surface area contributed by atoms with E-state index in [1.807, 2.05) is 11.1 Å². The SMILES string of the molecule is C[C@]12CCC(NOC(=O)N3CCCCC3)C=C1CC[C@H]1[C@@H]2CC[C@]2(C)C(c3cccnc3)=CC[C@@H]12. The van der Waals surface area contributed by atoms with Crippen molar-refractivity contribution in [3.63, 3.8) is 0 Å². The molecule has 0 spiro atoms. The molecule has 5 heteroatoms. The van der Waals surface area contributed by atoms with Gasteiger partial charge in [-0.3, -0.25) is 4.98 Å². The fourth-order valence-electron chi connectivity index (χ4n) is 8.63. The van der Waals surface area contributed by atoms with Crippen molar-refractivity contribution in [1.29, 1.82) is 0 Å². The van der Waals surface area contributed by atoms with Crippen LogP contribution in [0.5, 0.6) is 0 Å². The number of nitrogens with one attached hydrogen (secondary N) is 1. The van der Waals surface area contributed by atoms with Crippen molar-refractivity contribution in [3.8, 4) is 0 Å². The zero-order chi connectivity index (χ0) is 24.0. The smallest absolute Gasteiger partial charge is 0.353 e. The van der Waals surface area contributed by atoms with Crippen LogP contribution in [-0.4, -0.2) is 35.1 Å². The Labute approximate surface area is 210 Å². The largest absolute Gasteiger partial charge is 0.428 e. The molecule has 5 nitrogen and oxygen atoms in total. The van der Waals surface area contributed by atoms with E-state index in [1.54, 1.807) is 11.1 Å². The average molecular weight is 476 g/mol. The summed E-state index contributed by atoms with van der Waals surface area (Å²) in [6.07, 6.45) is 20.6. The van der Waals surface area contributed by atoms with E-state index in [1.165, 1.54) is 50.5 Å². The number of piperidine rings is 1. The summed E-state index contributed by atoms with van der Waals surface area (Å²) < 4.78 is 0. The van der Waals surface area contributed by atoms with Gasteiger partial charge in [0.1, 0.15) is 0 Å². The van der Waals surface area contributed by atoms with E-state index in [-0.39, 0.29) is 23.0 Å². The zero-order valence-corrected chi connectivity index (χ0v) is 21.5. The molecule has 5 aliphatic rings. The van der Waals surface area contributed by atoms with Crippen molar-refractivity contribution in [2.45, 2.75) is 84.1 Å². The first-order chi connectivity index (χ1) is 17.0. The summed E-state index contributed by atoms with van der Waals surface area (Å²) in [5, 5.41) is 0. The Morgan fingerprint density at radius 3 is 2.71 bits per heavy atom. The predicted octanol–water partition coefficient (Wildman–Crippen LogP) is 6.53. The molecular formula is C30H41N3O2. The quantitative estimate of drug-likeness (QED) is 0.399. The fraction of sp³-hybridized carbons (Fsp3) is 0.667. The van der Waals surface area contributed by atoms with E-state index in [0.29, 0.717) is 0 Å². The Hall–Kier alpha value is -2.14. The number of pyridine rings is 1. The number of amides is 1. The van der Waals surface area contributed by atoms with Gasteiger partial charge in [0.15, 0.2) is 0 Å². The number of hydrogen-bond acceptors (Lipinski definition) is 4. The molecule has 0 aromatic carbocycles. The lowest BCUT2D eigenvalue weighted by molar-refractivity contribution is -0.0276. The number of rotatable bonds is 3. The number of hydrogen-bond donors (Lipinski definition) is 1. The molecule has 6 atom stereocenters. The molecule has 1 aromatic rings. The van der Waals surface area contributed by atoms with Gasteiger partial charge in [-0.1, -0.05) is 37.6 Å². The molecule has 188 valence electrons. The maximum Gasteiger partial charge on any atom is 0.428 e. The summed E-state index contributed by atoms with van der Waals surface area (Å²) in [6.45, 7) is 6.72. The summed E-state index contributed by atoms with van der Waals surface area (Å²) >= 11 is 0. The highest BCUT2D eigenvalue weighted by Gasteiger charge is 2.57. The molecule has 4 aliphatic carbocycles. The molecule has 3 fully saturated rings. The van der Waals surface area contributed by atoms with Crippen molar-refractivity contribution in [3.05, 3.63) is 47.8 Å². The Kier molecular flexibility index (Phi) is 6.03. The standard InChI is InChI=1S/C30H41N3O2/c1-29-14-12-23(32-35-28(34)33-17-4-3-5-18-33)19-22(29)8-9-24-26-11-10-25(21-7-6-16-31-20-21)30(26,2)15-13-27(24)29/h6-7,10,16,19-20,23-24,26-27,32H,3-5,8-9,11-15,17-18H2,1-2H3/t23?,24-,26+,27+,29+,30-/m1/s1. The van der Waals surface area contributed by atoms with Crippen LogP contribution in [0.25, 0.3) is 5.57 Å². The molecule has 6 rings (SSSR count). The molecule has 0 radical (unpaired) electrons. The van der Waals surface area contributed by atoms with Crippen molar-refractivity contribution in [1.82, 2.24) is 15.4 Å². The highest BCUT2D eigenvalue weighted by Crippen LogP contribution is 2.66. The minimum absolute atomic E-state index is 0.141. The third-order valence-corrected chi connectivity index (χ3v) is 10.6. The van der Waals surface area contributed by atoms with Crippen molar-refractivity contribution in [2.24, 2.45) is 28.6 Å². The molecule has 1 unspecified atom stereocenters. The van der Waals surface area contributed by atoms with Gasteiger partial charge in [0.05, 0.1) is 6.04 Å². The topological polar surface area (TPSA) is 54.5 Å². The second-order valence-electron chi connectivity index (χ2n) is 12.3. The second-order valence-corrected chi connectivity index (χ2v) is 12.3. The number of carbonyl (C=O) groups is 1. The summed E-state index contributed by atoms with van der Waals surface area (Å²) in [6, 6.07) is 4.46. The lowest BCUT2D eigenvalue weighted by Gasteiger charge is -2.58. The summed E-state index contributed by atoms with van der Waals surface area (Å²) in [5.74, 6) is 2.30. The molecule has 1 aliphatic heterocycles. The van der Waals surface area contributed by atoms with E-state index >= 15 is 0 Å². The number of hydroxylamine groups is 1. The number of nitrogens with zero attached hydrogens (tertiary/aromatic N) is 2. The first-order valence-electron chi connectivity index (χ1n) is 14.0. The number of allylic oxidation sites excluding steroid dienone is 3. The Morgan fingerprint density at radius 1 is 1.09 bits per heavy atom. The lowest BCUT2D eigenvalue weighted by Crippen LogP contribution is -2.51. The van der Waals surface area contributed by atoms with Crippen LogP contribution in [0.4, 0.5) is 4.79 Å². The maximum absolute atomic E-state index is 12.5. The zero-order valence-electron chi connectivity index (χ0n) is 21.5. The molecule has 35 heavy (non-hydrogen) atoms. The first-order valence-corrected chi connectivity index (χ1v) is 14.0. The number of fused-ring (bicyclic) bond motifs is 5. The lowest BCUT2D eigenvalue weighted by atomic mass is 9.46. The van der Waals surface area contributed by atoms with E-state index in [4.69, 9.17) is 4.84 Å². The normalized spacial score (nSPS) is 38.5. The van der Waals surface area contributed by atoms with Crippen LogP contribution in [0, 0.1) is 28.6 Å². The van der Waals surface area contributed by atoms with Gasteiger partial charge in [-0.2, -0.15) is 0 Å². The summed E-state index contributed by atoms with van der Waals surface area (Å²) in [5.41, 5.74) is 8.17. The minimum atomic E-state index is -0.204. The average Bonchev–Trinajstić information content (AvgIpc) is 3.25. The van der Waals surface area contributed by atoms with Gasteiger partial charge in [0, 0.05) is 25.5 Å². The van der Waals surface area contributed by atoms with Gasteiger partial charge in [-0.05, 0) is 110 Å². The van der Waals surface area contributed by atoms with E-state index in [2.05, 4.69) is 54.8 Å². The fourth-order valence-corrected chi connectivity index (χ4v) is 8.63. The van der Waals surface area contributed by atoms with Crippen LogP contribution in [0.2, 0.25) is 0 Å². The molecule has 2 heterocycles. The van der Waals surface area contributed by atoms with Gasteiger partial charge in [-0.25, -0.2) is 4.79 Å². The first kappa shape index (κ1) is 23.3. The van der Waals surface area contributed by atoms with Crippen LogP contribution in [-0.2, 0) is 4.84 Å². The van der Waals surface area contributed by atoms with Crippen molar-refractivity contribution in [2.75, 3.05) is 13.1 Å². The van der Waals surface area contributed by atoms with E-state index in [0.717, 1.165) is 50.1 Å². The van der Waals surface area contributed by atoms with Gasteiger partial charge >= 0.3 is 6.09 Å². The third-order valence-electron chi connectivity index (χ3n) is 10.6. The number of carbonyl (C=O) groups excluding carboxylic acids is 1. The Morgan fingerprint density at radius 2 is 1.91 bits per heavy atom. The van der Waals surface area contributed by atoms with E-state index in [9.17, 15) is 4.79 Å². The van der Waals surface area contributed by atoms with Crippen LogP contribution < -0.4 is 5.48 Å².